The maximum Gasteiger partial charge on any atom is 0.248 e. The van der Waals surface area contributed by atoms with Gasteiger partial charge in [0.05, 0.1) is 24.7 Å². The van der Waals surface area contributed by atoms with Gasteiger partial charge in [0.2, 0.25) is 15.9 Å². The van der Waals surface area contributed by atoms with Crippen LogP contribution in [0.2, 0.25) is 0 Å². The van der Waals surface area contributed by atoms with Crippen LogP contribution in [0.3, 0.4) is 0 Å². The van der Waals surface area contributed by atoms with E-state index in [0.29, 0.717) is 17.1 Å². The number of carbonyl (C=O) groups excluding carboxylic acids is 1. The first-order valence-electron chi connectivity index (χ1n) is 7.74. The van der Waals surface area contributed by atoms with Crippen LogP contribution < -0.4 is 14.4 Å². The molecular weight excluding hydrogens is 340 g/mol. The largest absolute Gasteiger partial charge is 0.495 e. The molecule has 0 aliphatic heterocycles. The third-order valence-electron chi connectivity index (χ3n) is 3.71. The van der Waals surface area contributed by atoms with E-state index in [1.807, 2.05) is 13.0 Å². The Bertz CT molecular complexity index is 865. The Morgan fingerprint density at radius 3 is 2.44 bits per heavy atom. The molecule has 1 unspecified atom stereocenters. The Hall–Kier alpha value is -2.54. The molecule has 0 fully saturated rings. The topological polar surface area (TPSA) is 75.7 Å². The number of hydrogen-bond donors (Lipinski definition) is 1. The molecule has 0 heterocycles. The highest BCUT2D eigenvalue weighted by Crippen LogP contribution is 2.26. The molecule has 134 valence electrons. The first-order valence-corrected chi connectivity index (χ1v) is 9.59. The number of sulfonamides is 1. The summed E-state index contributed by atoms with van der Waals surface area (Å²) in [5.74, 6) is 0.0564. The van der Waals surface area contributed by atoms with E-state index in [9.17, 15) is 13.2 Å². The number of aryl methyl sites for hydroxylation is 1. The molecule has 0 bridgehead atoms. The number of para-hydroxylation sites is 2. The summed E-state index contributed by atoms with van der Waals surface area (Å²) in [7, 11) is -2.14. The van der Waals surface area contributed by atoms with Gasteiger partial charge in [-0.25, -0.2) is 8.42 Å². The van der Waals surface area contributed by atoms with Crippen molar-refractivity contribution < 1.29 is 17.9 Å². The lowest BCUT2D eigenvalue weighted by Crippen LogP contribution is -2.45. The third kappa shape index (κ3) is 4.51. The van der Waals surface area contributed by atoms with Crippen molar-refractivity contribution in [2.75, 3.05) is 23.0 Å². The molecule has 1 atom stereocenters. The molecule has 25 heavy (non-hydrogen) atoms. The Labute approximate surface area is 148 Å². The number of rotatable bonds is 6. The molecule has 2 rings (SSSR count). The van der Waals surface area contributed by atoms with Gasteiger partial charge in [0.25, 0.3) is 0 Å². The summed E-state index contributed by atoms with van der Waals surface area (Å²) in [4.78, 5) is 12.7. The van der Waals surface area contributed by atoms with Crippen LogP contribution in [0.25, 0.3) is 0 Å². The maximum atomic E-state index is 12.7. The quantitative estimate of drug-likeness (QED) is 0.857. The van der Waals surface area contributed by atoms with E-state index in [1.54, 1.807) is 49.4 Å². The lowest BCUT2D eigenvalue weighted by atomic mass is 10.2. The van der Waals surface area contributed by atoms with E-state index < -0.39 is 22.0 Å². The molecule has 0 saturated heterocycles. The minimum Gasteiger partial charge on any atom is -0.495 e. The number of carbonyl (C=O) groups is 1. The van der Waals surface area contributed by atoms with Gasteiger partial charge in [0.15, 0.2) is 0 Å². The zero-order valence-electron chi connectivity index (χ0n) is 14.7. The third-order valence-corrected chi connectivity index (χ3v) is 4.95. The molecule has 6 nitrogen and oxygen atoms in total. The summed E-state index contributed by atoms with van der Waals surface area (Å²) in [6, 6.07) is 13.1. The smallest absolute Gasteiger partial charge is 0.248 e. The Morgan fingerprint density at radius 1 is 1.16 bits per heavy atom. The second-order valence-corrected chi connectivity index (χ2v) is 7.62. The highest BCUT2D eigenvalue weighted by atomic mass is 32.2. The minimum absolute atomic E-state index is 0.448. The van der Waals surface area contributed by atoms with E-state index in [0.717, 1.165) is 16.1 Å². The van der Waals surface area contributed by atoms with E-state index >= 15 is 0 Å². The average Bonchev–Trinajstić information content (AvgIpc) is 2.54. The normalized spacial score (nSPS) is 12.3. The molecule has 0 radical (unpaired) electrons. The number of amides is 1. The van der Waals surface area contributed by atoms with Crippen molar-refractivity contribution in [3.63, 3.8) is 0 Å². The zero-order valence-corrected chi connectivity index (χ0v) is 15.5. The first kappa shape index (κ1) is 18.8. The fourth-order valence-electron chi connectivity index (χ4n) is 2.56. The summed E-state index contributed by atoms with van der Waals surface area (Å²) >= 11 is 0. The number of anilines is 2. The molecule has 2 aromatic rings. The lowest BCUT2D eigenvalue weighted by molar-refractivity contribution is -0.116. The van der Waals surface area contributed by atoms with Crippen LogP contribution in [0.4, 0.5) is 11.4 Å². The van der Waals surface area contributed by atoms with Crippen molar-refractivity contribution in [3.8, 4) is 5.75 Å². The minimum atomic E-state index is -3.65. The van der Waals surface area contributed by atoms with Crippen molar-refractivity contribution >= 4 is 27.3 Å². The van der Waals surface area contributed by atoms with Crippen molar-refractivity contribution in [1.82, 2.24) is 0 Å². The molecule has 0 saturated carbocycles. The number of ether oxygens (including phenoxy) is 1. The fraction of sp³-hybridized carbons (Fsp3) is 0.278. The Balaban J connectivity index is 2.33. The molecule has 2 aromatic carbocycles. The fourth-order valence-corrected chi connectivity index (χ4v) is 3.73. The second kappa shape index (κ2) is 7.57. The van der Waals surface area contributed by atoms with Crippen molar-refractivity contribution in [1.29, 1.82) is 0 Å². The van der Waals surface area contributed by atoms with Gasteiger partial charge in [-0.1, -0.05) is 24.3 Å². The predicted molar refractivity (Wildman–Crippen MR) is 99.6 cm³/mol. The van der Waals surface area contributed by atoms with Gasteiger partial charge in [0.1, 0.15) is 11.8 Å². The van der Waals surface area contributed by atoms with Gasteiger partial charge in [-0.15, -0.1) is 0 Å². The monoisotopic (exact) mass is 362 g/mol. The van der Waals surface area contributed by atoms with Crippen LogP contribution in [-0.4, -0.2) is 33.7 Å². The van der Waals surface area contributed by atoms with Crippen molar-refractivity contribution in [2.45, 2.75) is 19.9 Å². The van der Waals surface area contributed by atoms with Crippen molar-refractivity contribution in [2.24, 2.45) is 0 Å². The molecule has 0 aromatic heterocycles. The highest BCUT2D eigenvalue weighted by Gasteiger charge is 2.29. The Morgan fingerprint density at radius 2 is 1.84 bits per heavy atom. The summed E-state index contributed by atoms with van der Waals surface area (Å²) in [5.41, 5.74) is 1.84. The standard InChI is InChI=1S/C18H22N2O4S/c1-13-8-7-9-15(12-13)20(25(4,22)23)14(2)18(21)19-16-10-5-6-11-17(16)24-3/h5-12,14H,1-4H3,(H,19,21). The SMILES string of the molecule is COc1ccccc1NC(=O)C(C)N(c1cccc(C)c1)S(C)(=O)=O. The van der Waals surface area contributed by atoms with Gasteiger partial charge in [-0.05, 0) is 43.7 Å². The molecule has 1 N–H and O–H groups in total. The molecular formula is C18H22N2O4S. The van der Waals surface area contributed by atoms with Crippen LogP contribution in [0.15, 0.2) is 48.5 Å². The van der Waals surface area contributed by atoms with Crippen LogP contribution in [0.1, 0.15) is 12.5 Å². The van der Waals surface area contributed by atoms with Crippen LogP contribution in [0, 0.1) is 6.92 Å². The van der Waals surface area contributed by atoms with E-state index in [-0.39, 0.29) is 0 Å². The van der Waals surface area contributed by atoms with Crippen LogP contribution in [-0.2, 0) is 14.8 Å². The lowest BCUT2D eigenvalue weighted by Gasteiger charge is -2.28. The van der Waals surface area contributed by atoms with E-state index in [1.165, 1.54) is 7.11 Å². The highest BCUT2D eigenvalue weighted by molar-refractivity contribution is 7.92. The number of hydrogen-bond acceptors (Lipinski definition) is 4. The number of methoxy groups -OCH3 is 1. The number of nitrogens with one attached hydrogen (secondary N) is 1. The Kier molecular flexibility index (Phi) is 5.69. The van der Waals surface area contributed by atoms with E-state index in [4.69, 9.17) is 4.74 Å². The number of nitrogens with zero attached hydrogens (tertiary/aromatic N) is 1. The second-order valence-electron chi connectivity index (χ2n) is 5.76. The maximum absolute atomic E-state index is 12.7. The van der Waals surface area contributed by atoms with Crippen molar-refractivity contribution in [3.05, 3.63) is 54.1 Å². The van der Waals surface area contributed by atoms with Gasteiger partial charge >= 0.3 is 0 Å². The first-order chi connectivity index (χ1) is 11.7. The average molecular weight is 362 g/mol. The van der Waals surface area contributed by atoms with Gasteiger partial charge < -0.3 is 10.1 Å². The molecule has 1 amide bonds. The number of benzene rings is 2. The van der Waals surface area contributed by atoms with Gasteiger partial charge in [-0.2, -0.15) is 0 Å². The zero-order chi connectivity index (χ0) is 18.6. The summed E-state index contributed by atoms with van der Waals surface area (Å²) in [6.45, 7) is 3.41. The van der Waals surface area contributed by atoms with Crippen LogP contribution in [0.5, 0.6) is 5.75 Å². The summed E-state index contributed by atoms with van der Waals surface area (Å²) in [5, 5.41) is 2.73. The molecule has 0 spiro atoms. The van der Waals surface area contributed by atoms with Gasteiger partial charge in [-0.3, -0.25) is 9.10 Å². The summed E-state index contributed by atoms with van der Waals surface area (Å²) < 4.78 is 30.9. The van der Waals surface area contributed by atoms with E-state index in [2.05, 4.69) is 5.32 Å². The molecule has 0 aliphatic rings. The predicted octanol–water partition coefficient (Wildman–Crippen LogP) is 2.80. The molecule has 0 aliphatic carbocycles. The summed E-state index contributed by atoms with van der Waals surface area (Å²) in [6.07, 6.45) is 1.09. The molecule has 7 heteroatoms. The van der Waals surface area contributed by atoms with Gasteiger partial charge in [0, 0.05) is 0 Å². The van der Waals surface area contributed by atoms with Crippen LogP contribution >= 0.6 is 0 Å².